The highest BCUT2D eigenvalue weighted by Gasteiger charge is 2.12. The Morgan fingerprint density at radius 1 is 1.17 bits per heavy atom. The number of hydrogen-bond acceptors (Lipinski definition) is 5. The third kappa shape index (κ3) is 6.57. The lowest BCUT2D eigenvalue weighted by atomic mass is 10.1. The lowest BCUT2D eigenvalue weighted by molar-refractivity contribution is 0.0394. The van der Waals surface area contributed by atoms with E-state index in [-0.39, 0.29) is 5.91 Å². The number of nitrogens with zero attached hydrogens (tertiary/aromatic N) is 2. The van der Waals surface area contributed by atoms with E-state index in [1.807, 2.05) is 48.5 Å². The molecule has 160 valence electrons. The molecule has 2 aromatic carbocycles. The number of methoxy groups -OCH3 is 1. The van der Waals surface area contributed by atoms with Gasteiger partial charge in [0.05, 0.1) is 26.9 Å². The van der Waals surface area contributed by atoms with Gasteiger partial charge >= 0.3 is 0 Å². The highest BCUT2D eigenvalue weighted by Crippen LogP contribution is 2.16. The van der Waals surface area contributed by atoms with Gasteiger partial charge in [-0.05, 0) is 36.2 Å². The summed E-state index contributed by atoms with van der Waals surface area (Å²) in [6.45, 7) is 6.79. The normalized spacial score (nSPS) is 14.9. The van der Waals surface area contributed by atoms with Crippen LogP contribution >= 0.6 is 0 Å². The molecule has 0 bridgehead atoms. The largest absolute Gasteiger partial charge is 0.497 e. The summed E-state index contributed by atoms with van der Waals surface area (Å²) in [5, 5.41) is 6.12. The molecule has 7 heteroatoms. The number of rotatable bonds is 7. The van der Waals surface area contributed by atoms with Crippen LogP contribution in [0.2, 0.25) is 0 Å². The Hall–Kier alpha value is -2.90. The Balaban J connectivity index is 1.69. The van der Waals surface area contributed by atoms with Gasteiger partial charge in [-0.3, -0.25) is 20.0 Å². The van der Waals surface area contributed by atoms with Gasteiger partial charge in [-0.2, -0.15) is 0 Å². The minimum Gasteiger partial charge on any atom is -0.497 e. The Morgan fingerprint density at radius 2 is 1.93 bits per heavy atom. The summed E-state index contributed by atoms with van der Waals surface area (Å²) in [6.07, 6.45) is 0.938. The van der Waals surface area contributed by atoms with Crippen molar-refractivity contribution in [1.29, 1.82) is 0 Å². The number of aryl methyl sites for hydroxylation is 1. The number of anilines is 1. The monoisotopic (exact) mass is 410 g/mol. The van der Waals surface area contributed by atoms with Crippen molar-refractivity contribution in [2.24, 2.45) is 4.99 Å². The van der Waals surface area contributed by atoms with Crippen molar-refractivity contribution in [3.8, 4) is 5.75 Å². The Bertz CT molecular complexity index is 846. The number of morpholine rings is 1. The van der Waals surface area contributed by atoms with E-state index >= 15 is 0 Å². The fourth-order valence-electron chi connectivity index (χ4n) is 3.15. The molecule has 3 rings (SSSR count). The molecule has 1 saturated heterocycles. The first-order valence-electron chi connectivity index (χ1n) is 10.3. The summed E-state index contributed by atoms with van der Waals surface area (Å²) in [4.78, 5) is 19.7. The summed E-state index contributed by atoms with van der Waals surface area (Å²) in [6, 6.07) is 15.1. The topological polar surface area (TPSA) is 75.2 Å². The SMILES string of the molecule is CCc1ccc(C(=O)NC(=NCCN2CCOCC2)Nc2cccc(OC)c2)cc1. The van der Waals surface area contributed by atoms with Gasteiger partial charge in [-0.25, -0.2) is 0 Å². The second-order valence-electron chi connectivity index (χ2n) is 7.05. The smallest absolute Gasteiger partial charge is 0.257 e. The fraction of sp³-hybridized carbons (Fsp3) is 0.391. The van der Waals surface area contributed by atoms with E-state index in [1.54, 1.807) is 7.11 Å². The van der Waals surface area contributed by atoms with Crippen molar-refractivity contribution in [3.05, 3.63) is 59.7 Å². The maximum absolute atomic E-state index is 12.7. The summed E-state index contributed by atoms with van der Waals surface area (Å²) in [5.41, 5.74) is 2.59. The number of aliphatic imine (C=N–C) groups is 1. The molecule has 0 spiro atoms. The van der Waals surface area contributed by atoms with Crippen LogP contribution in [0, 0.1) is 0 Å². The number of ether oxygens (including phenoxy) is 2. The zero-order valence-electron chi connectivity index (χ0n) is 17.7. The highest BCUT2D eigenvalue weighted by molar-refractivity contribution is 6.10. The van der Waals surface area contributed by atoms with Crippen molar-refractivity contribution in [2.45, 2.75) is 13.3 Å². The first-order chi connectivity index (χ1) is 14.7. The van der Waals surface area contributed by atoms with Crippen LogP contribution in [0.3, 0.4) is 0 Å². The van der Waals surface area contributed by atoms with E-state index in [4.69, 9.17) is 9.47 Å². The molecule has 0 radical (unpaired) electrons. The standard InChI is InChI=1S/C23H30N4O3/c1-3-18-7-9-19(10-8-18)22(28)26-23(24-11-12-27-13-15-30-16-14-27)25-20-5-4-6-21(17-20)29-2/h4-10,17H,3,11-16H2,1-2H3,(H2,24,25,26,28). The second-order valence-corrected chi connectivity index (χ2v) is 7.05. The van der Waals surface area contributed by atoms with E-state index in [0.29, 0.717) is 18.1 Å². The van der Waals surface area contributed by atoms with Crippen LogP contribution in [0.4, 0.5) is 5.69 Å². The lowest BCUT2D eigenvalue weighted by Crippen LogP contribution is -2.39. The van der Waals surface area contributed by atoms with Crippen LogP contribution in [-0.4, -0.2) is 63.3 Å². The quantitative estimate of drug-likeness (QED) is 0.542. The fourth-order valence-corrected chi connectivity index (χ4v) is 3.15. The molecule has 1 heterocycles. The summed E-state index contributed by atoms with van der Waals surface area (Å²) >= 11 is 0. The molecule has 30 heavy (non-hydrogen) atoms. The van der Waals surface area contributed by atoms with Crippen molar-refractivity contribution in [3.63, 3.8) is 0 Å². The van der Waals surface area contributed by atoms with E-state index in [0.717, 1.165) is 50.7 Å². The molecule has 2 aromatic rings. The van der Waals surface area contributed by atoms with Crippen LogP contribution in [0.15, 0.2) is 53.5 Å². The molecule has 7 nitrogen and oxygen atoms in total. The first-order valence-corrected chi connectivity index (χ1v) is 10.3. The minimum absolute atomic E-state index is 0.196. The maximum atomic E-state index is 12.7. The zero-order chi connectivity index (χ0) is 21.2. The molecule has 0 unspecified atom stereocenters. The molecule has 2 N–H and O–H groups in total. The van der Waals surface area contributed by atoms with Crippen LogP contribution in [-0.2, 0) is 11.2 Å². The van der Waals surface area contributed by atoms with Gasteiger partial charge in [0.1, 0.15) is 5.75 Å². The number of carbonyl (C=O) groups is 1. The molecule has 0 aliphatic carbocycles. The number of hydrogen-bond donors (Lipinski definition) is 2. The number of amides is 1. The number of benzene rings is 2. The van der Waals surface area contributed by atoms with Crippen LogP contribution < -0.4 is 15.4 Å². The number of carbonyl (C=O) groups excluding carboxylic acids is 1. The molecular weight excluding hydrogens is 380 g/mol. The number of guanidine groups is 1. The molecule has 0 atom stereocenters. The van der Waals surface area contributed by atoms with Gasteiger partial charge in [-0.1, -0.05) is 25.1 Å². The van der Waals surface area contributed by atoms with Gasteiger partial charge in [0.25, 0.3) is 5.91 Å². The predicted molar refractivity (Wildman–Crippen MR) is 119 cm³/mol. The van der Waals surface area contributed by atoms with Gasteiger partial charge < -0.3 is 14.8 Å². The molecular formula is C23H30N4O3. The van der Waals surface area contributed by atoms with E-state index < -0.39 is 0 Å². The van der Waals surface area contributed by atoms with Gasteiger partial charge in [-0.15, -0.1) is 0 Å². The average molecular weight is 411 g/mol. The summed E-state index contributed by atoms with van der Waals surface area (Å²) < 4.78 is 10.7. The highest BCUT2D eigenvalue weighted by atomic mass is 16.5. The lowest BCUT2D eigenvalue weighted by Gasteiger charge is -2.25. The molecule has 1 aliphatic rings. The molecule has 1 amide bonds. The third-order valence-corrected chi connectivity index (χ3v) is 4.98. The zero-order valence-corrected chi connectivity index (χ0v) is 17.7. The Morgan fingerprint density at radius 3 is 2.63 bits per heavy atom. The van der Waals surface area contributed by atoms with Crippen LogP contribution in [0.5, 0.6) is 5.75 Å². The predicted octanol–water partition coefficient (Wildman–Crippen LogP) is 2.79. The third-order valence-electron chi connectivity index (χ3n) is 4.98. The Labute approximate surface area is 178 Å². The first kappa shape index (κ1) is 21.8. The van der Waals surface area contributed by atoms with Gasteiger partial charge in [0.2, 0.25) is 5.96 Å². The van der Waals surface area contributed by atoms with Crippen molar-refractivity contribution < 1.29 is 14.3 Å². The van der Waals surface area contributed by atoms with Crippen LogP contribution in [0.25, 0.3) is 0 Å². The molecule has 0 saturated carbocycles. The van der Waals surface area contributed by atoms with Crippen molar-refractivity contribution >= 4 is 17.6 Å². The molecule has 1 aliphatic heterocycles. The van der Waals surface area contributed by atoms with E-state index in [1.165, 1.54) is 5.56 Å². The van der Waals surface area contributed by atoms with Gasteiger partial charge in [0.15, 0.2) is 0 Å². The van der Waals surface area contributed by atoms with Crippen molar-refractivity contribution in [2.75, 3.05) is 51.8 Å². The van der Waals surface area contributed by atoms with E-state index in [9.17, 15) is 4.79 Å². The average Bonchev–Trinajstić information content (AvgIpc) is 2.80. The van der Waals surface area contributed by atoms with E-state index in [2.05, 4.69) is 27.4 Å². The van der Waals surface area contributed by atoms with Crippen LogP contribution in [0.1, 0.15) is 22.8 Å². The summed E-state index contributed by atoms with van der Waals surface area (Å²) in [7, 11) is 1.62. The molecule has 0 aromatic heterocycles. The maximum Gasteiger partial charge on any atom is 0.257 e. The Kier molecular flexibility index (Phi) is 8.23. The number of nitrogens with one attached hydrogen (secondary N) is 2. The van der Waals surface area contributed by atoms with Crippen molar-refractivity contribution in [1.82, 2.24) is 10.2 Å². The van der Waals surface area contributed by atoms with Gasteiger partial charge in [0, 0.05) is 37.0 Å². The summed E-state index contributed by atoms with van der Waals surface area (Å²) in [5.74, 6) is 0.952. The minimum atomic E-state index is -0.196. The second kappa shape index (κ2) is 11.3. The molecule has 1 fully saturated rings.